The number of nitrogens with one attached hydrogen (secondary N) is 1. The van der Waals surface area contributed by atoms with E-state index < -0.39 is 11.0 Å². The van der Waals surface area contributed by atoms with E-state index >= 15 is 0 Å². The van der Waals surface area contributed by atoms with E-state index in [-0.39, 0.29) is 0 Å². The highest BCUT2D eigenvalue weighted by molar-refractivity contribution is 7.86. The maximum Gasteiger partial charge on any atom is 0.142 e. The van der Waals surface area contributed by atoms with Crippen LogP contribution in [-0.2, 0) is 11.0 Å². The van der Waals surface area contributed by atoms with E-state index in [0.29, 0.717) is 5.70 Å². The Balaban J connectivity index is 2.56. The molecule has 0 aliphatic heterocycles. The molecule has 1 atom stereocenters. The van der Waals surface area contributed by atoms with Crippen LogP contribution in [0.3, 0.4) is 0 Å². The van der Waals surface area contributed by atoms with Gasteiger partial charge in [0.25, 0.3) is 0 Å². The van der Waals surface area contributed by atoms with Gasteiger partial charge in [-0.2, -0.15) is 0 Å². The Labute approximate surface area is 86.9 Å². The number of benzene rings is 1. The minimum atomic E-state index is -1.18. The van der Waals surface area contributed by atoms with Gasteiger partial charge in [0.15, 0.2) is 0 Å². The van der Waals surface area contributed by atoms with Gasteiger partial charge in [0.2, 0.25) is 0 Å². The summed E-state index contributed by atoms with van der Waals surface area (Å²) in [5.74, 6) is 0. The normalized spacial score (nSPS) is 12.6. The minimum absolute atomic E-state index is 0.695. The fourth-order valence-electron chi connectivity index (χ4n) is 0.910. The molecule has 2 nitrogen and oxygen atoms in total. The summed E-state index contributed by atoms with van der Waals surface area (Å²) in [5, 5.41) is 1.60. The van der Waals surface area contributed by atoms with Gasteiger partial charge in [-0.25, -0.2) is 4.21 Å². The average molecular weight is 207 g/mol. The molecule has 0 bridgehead atoms. The molecule has 0 aromatic heterocycles. The molecule has 0 fully saturated rings. The van der Waals surface area contributed by atoms with Gasteiger partial charge >= 0.3 is 0 Å². The highest BCUT2D eigenvalue weighted by Crippen LogP contribution is 2.01. The maximum absolute atomic E-state index is 11.3. The van der Waals surface area contributed by atoms with Crippen LogP contribution in [0.1, 0.15) is 12.5 Å². The first-order valence-electron chi connectivity index (χ1n) is 4.24. The smallest absolute Gasteiger partial charge is 0.142 e. The quantitative estimate of drug-likeness (QED) is 0.807. The van der Waals surface area contributed by atoms with Crippen LogP contribution in [0.2, 0.25) is 0 Å². The van der Waals surface area contributed by atoms with Crippen LogP contribution in [0, 0.1) is 0 Å². The van der Waals surface area contributed by atoms with Crippen molar-refractivity contribution in [2.75, 3.05) is 0 Å². The number of hydrogen-bond donors (Lipinski definition) is 1. The second-order valence-electron chi connectivity index (χ2n) is 2.89. The molecule has 74 valence electrons. The lowest BCUT2D eigenvalue weighted by atomic mass is 10.2. The molecule has 1 aromatic carbocycles. The SMILES string of the molecule is C=C(C)NS(=O)/C=C/c1ccccc1. The monoisotopic (exact) mass is 207 g/mol. The van der Waals surface area contributed by atoms with Crippen LogP contribution in [-0.4, -0.2) is 4.21 Å². The van der Waals surface area contributed by atoms with Crippen LogP contribution < -0.4 is 4.72 Å². The minimum Gasteiger partial charge on any atom is -0.306 e. The van der Waals surface area contributed by atoms with Crippen molar-refractivity contribution in [2.45, 2.75) is 6.92 Å². The lowest BCUT2D eigenvalue weighted by Gasteiger charge is -1.98. The first kappa shape index (κ1) is 10.7. The van der Waals surface area contributed by atoms with Crippen LogP contribution in [0.4, 0.5) is 0 Å². The molecule has 1 aromatic rings. The van der Waals surface area contributed by atoms with Crippen molar-refractivity contribution in [2.24, 2.45) is 0 Å². The zero-order valence-electron chi connectivity index (χ0n) is 8.07. The zero-order valence-corrected chi connectivity index (χ0v) is 8.88. The molecule has 0 aliphatic rings. The molecule has 14 heavy (non-hydrogen) atoms. The van der Waals surface area contributed by atoms with Crippen LogP contribution in [0.5, 0.6) is 0 Å². The Morgan fingerprint density at radius 3 is 2.64 bits per heavy atom. The van der Waals surface area contributed by atoms with Crippen LogP contribution >= 0.6 is 0 Å². The van der Waals surface area contributed by atoms with E-state index in [1.165, 1.54) is 0 Å². The Morgan fingerprint density at radius 1 is 1.43 bits per heavy atom. The molecule has 0 radical (unpaired) electrons. The van der Waals surface area contributed by atoms with E-state index in [4.69, 9.17) is 0 Å². The average Bonchev–Trinajstić information content (AvgIpc) is 2.15. The molecule has 0 saturated carbocycles. The summed E-state index contributed by atoms with van der Waals surface area (Å²) in [6.45, 7) is 5.38. The molecular weight excluding hydrogens is 194 g/mol. The molecule has 1 rings (SSSR count). The topological polar surface area (TPSA) is 29.1 Å². The standard InChI is InChI=1S/C11H13NOS/c1-10(2)12-14(13)9-8-11-6-4-3-5-7-11/h3-9,12H,1H2,2H3/b9-8+. The summed E-state index contributed by atoms with van der Waals surface area (Å²) in [6, 6.07) is 9.73. The Hall–Kier alpha value is -1.35. The van der Waals surface area contributed by atoms with Gasteiger partial charge in [-0.3, -0.25) is 0 Å². The largest absolute Gasteiger partial charge is 0.306 e. The second kappa shape index (κ2) is 5.40. The van der Waals surface area contributed by atoms with Gasteiger partial charge in [0.05, 0.1) is 0 Å². The summed E-state index contributed by atoms with van der Waals surface area (Å²) in [6.07, 6.45) is 1.81. The van der Waals surface area contributed by atoms with Crippen molar-refractivity contribution in [1.82, 2.24) is 4.72 Å². The van der Waals surface area contributed by atoms with Crippen molar-refractivity contribution >= 4 is 17.1 Å². The highest BCUT2D eigenvalue weighted by Gasteiger charge is 1.90. The summed E-state index contributed by atoms with van der Waals surface area (Å²) < 4.78 is 14.0. The summed E-state index contributed by atoms with van der Waals surface area (Å²) >= 11 is 0. The van der Waals surface area contributed by atoms with E-state index in [1.54, 1.807) is 12.3 Å². The fourth-order valence-corrected chi connectivity index (χ4v) is 1.60. The molecule has 3 heteroatoms. The number of allylic oxidation sites excluding steroid dienone is 1. The second-order valence-corrected chi connectivity index (χ2v) is 3.96. The van der Waals surface area contributed by atoms with Crippen molar-refractivity contribution in [3.63, 3.8) is 0 Å². The maximum atomic E-state index is 11.3. The molecule has 0 heterocycles. The summed E-state index contributed by atoms with van der Waals surface area (Å²) in [4.78, 5) is 0. The summed E-state index contributed by atoms with van der Waals surface area (Å²) in [5.41, 5.74) is 1.73. The fraction of sp³-hybridized carbons (Fsp3) is 0.0909. The molecule has 0 saturated heterocycles. The third kappa shape index (κ3) is 4.05. The predicted molar refractivity (Wildman–Crippen MR) is 61.6 cm³/mol. The van der Waals surface area contributed by atoms with Gasteiger partial charge < -0.3 is 4.72 Å². The van der Waals surface area contributed by atoms with E-state index in [1.807, 2.05) is 36.4 Å². The van der Waals surface area contributed by atoms with Crippen molar-refractivity contribution < 1.29 is 4.21 Å². The number of hydrogen-bond acceptors (Lipinski definition) is 1. The first-order chi connectivity index (χ1) is 6.68. The Kier molecular flexibility index (Phi) is 4.13. The Morgan fingerprint density at radius 2 is 2.07 bits per heavy atom. The predicted octanol–water partition coefficient (Wildman–Crippen LogP) is 2.44. The van der Waals surface area contributed by atoms with Crippen LogP contribution in [0.15, 0.2) is 48.0 Å². The first-order valence-corrected chi connectivity index (χ1v) is 5.46. The van der Waals surface area contributed by atoms with Gasteiger partial charge in [-0.1, -0.05) is 36.9 Å². The van der Waals surface area contributed by atoms with Crippen molar-refractivity contribution in [3.8, 4) is 0 Å². The lowest BCUT2D eigenvalue weighted by molar-refractivity contribution is 0.684. The highest BCUT2D eigenvalue weighted by atomic mass is 32.2. The number of rotatable bonds is 4. The zero-order chi connectivity index (χ0) is 10.4. The van der Waals surface area contributed by atoms with Gasteiger partial charge in [0.1, 0.15) is 11.0 Å². The molecule has 1 N–H and O–H groups in total. The van der Waals surface area contributed by atoms with E-state index in [2.05, 4.69) is 11.3 Å². The molecule has 0 aliphatic carbocycles. The van der Waals surface area contributed by atoms with E-state index in [0.717, 1.165) is 5.56 Å². The molecule has 1 unspecified atom stereocenters. The van der Waals surface area contributed by atoms with Gasteiger partial charge in [-0.15, -0.1) is 0 Å². The third-order valence-corrected chi connectivity index (χ3v) is 2.39. The van der Waals surface area contributed by atoms with Gasteiger partial charge in [-0.05, 0) is 18.6 Å². The van der Waals surface area contributed by atoms with E-state index in [9.17, 15) is 4.21 Å². The molecule has 0 spiro atoms. The molecule has 0 amide bonds. The van der Waals surface area contributed by atoms with Gasteiger partial charge in [0, 0.05) is 11.1 Å². The molecular formula is C11H13NOS. The lowest BCUT2D eigenvalue weighted by Crippen LogP contribution is -2.10. The summed E-state index contributed by atoms with van der Waals surface area (Å²) in [7, 11) is -1.18. The van der Waals surface area contributed by atoms with Crippen molar-refractivity contribution in [3.05, 3.63) is 53.6 Å². The third-order valence-electron chi connectivity index (χ3n) is 1.46. The van der Waals surface area contributed by atoms with Crippen LogP contribution in [0.25, 0.3) is 6.08 Å². The Bertz CT molecular complexity index is 357. The van der Waals surface area contributed by atoms with Crippen molar-refractivity contribution in [1.29, 1.82) is 0 Å².